The first-order valence-corrected chi connectivity index (χ1v) is 8.06. The van der Waals surface area contributed by atoms with Crippen LogP contribution in [0.25, 0.3) is 0 Å². The molecule has 0 atom stereocenters. The summed E-state index contributed by atoms with van der Waals surface area (Å²) in [6.07, 6.45) is 1.56. The number of benzene rings is 2. The molecule has 0 fully saturated rings. The molecule has 0 aliphatic rings. The Balaban J connectivity index is 1.88. The predicted octanol–water partition coefficient (Wildman–Crippen LogP) is 2.96. The number of ether oxygens (including phenoxy) is 2. The van der Waals surface area contributed by atoms with Gasteiger partial charge in [-0.1, -0.05) is 18.2 Å². The Hall–Kier alpha value is -3.02. The highest BCUT2D eigenvalue weighted by Gasteiger charge is 2.04. The van der Waals surface area contributed by atoms with Gasteiger partial charge in [-0.2, -0.15) is 5.10 Å². The number of carbonyl (C=O) groups excluding carboxylic acids is 1. The summed E-state index contributed by atoms with van der Waals surface area (Å²) in [5.74, 6) is 1.07. The first kappa shape index (κ1) is 18.3. The molecule has 0 radical (unpaired) electrons. The third-order valence-corrected chi connectivity index (χ3v) is 3.47. The van der Waals surface area contributed by atoms with Gasteiger partial charge in [-0.05, 0) is 49.2 Å². The molecule has 0 aliphatic carbocycles. The lowest BCUT2D eigenvalue weighted by molar-refractivity contribution is -0.119. The van der Waals surface area contributed by atoms with E-state index in [-0.39, 0.29) is 12.5 Å². The number of methoxy groups -OCH3 is 1. The van der Waals surface area contributed by atoms with Crippen LogP contribution in [0.15, 0.2) is 47.6 Å². The molecule has 6 nitrogen and oxygen atoms in total. The molecule has 2 rings (SSSR count). The van der Waals surface area contributed by atoms with Crippen molar-refractivity contribution < 1.29 is 14.3 Å². The monoisotopic (exact) mass is 341 g/mol. The average molecular weight is 341 g/mol. The molecule has 2 aromatic carbocycles. The van der Waals surface area contributed by atoms with Crippen LogP contribution in [0.5, 0.6) is 11.5 Å². The Morgan fingerprint density at radius 2 is 2.00 bits per heavy atom. The molecule has 2 aromatic rings. The summed E-state index contributed by atoms with van der Waals surface area (Å²) < 4.78 is 10.7. The van der Waals surface area contributed by atoms with Crippen molar-refractivity contribution >= 4 is 17.8 Å². The van der Waals surface area contributed by atoms with Crippen LogP contribution in [-0.2, 0) is 4.79 Å². The molecule has 0 unspecified atom stereocenters. The number of para-hydroxylation sites is 1. The quantitative estimate of drug-likeness (QED) is 0.572. The van der Waals surface area contributed by atoms with Gasteiger partial charge in [-0.3, -0.25) is 4.79 Å². The highest BCUT2D eigenvalue weighted by Crippen LogP contribution is 2.27. The summed E-state index contributed by atoms with van der Waals surface area (Å²) in [5.41, 5.74) is 5.31. The number of hydrogen-bond donors (Lipinski definition) is 2. The summed E-state index contributed by atoms with van der Waals surface area (Å²) in [6.45, 7) is 4.58. The van der Waals surface area contributed by atoms with Gasteiger partial charge in [0.15, 0.2) is 11.5 Å². The van der Waals surface area contributed by atoms with Gasteiger partial charge in [0, 0.05) is 5.69 Å². The van der Waals surface area contributed by atoms with Crippen molar-refractivity contribution in [3.05, 3.63) is 53.6 Å². The number of hydrogen-bond acceptors (Lipinski definition) is 5. The second-order valence-electron chi connectivity index (χ2n) is 5.30. The van der Waals surface area contributed by atoms with Gasteiger partial charge < -0.3 is 14.8 Å². The Kier molecular flexibility index (Phi) is 6.83. The minimum atomic E-state index is -0.224. The molecule has 6 heteroatoms. The minimum Gasteiger partial charge on any atom is -0.493 e. The topological polar surface area (TPSA) is 72.0 Å². The summed E-state index contributed by atoms with van der Waals surface area (Å²) in [6, 6.07) is 13.2. The molecular formula is C19H23N3O3. The van der Waals surface area contributed by atoms with Crippen molar-refractivity contribution in [2.24, 2.45) is 5.10 Å². The zero-order valence-electron chi connectivity index (χ0n) is 14.7. The number of amides is 1. The number of nitrogens with zero attached hydrogens (tertiary/aromatic N) is 1. The summed E-state index contributed by atoms with van der Waals surface area (Å²) in [7, 11) is 1.59. The van der Waals surface area contributed by atoms with E-state index in [0.717, 1.165) is 16.8 Å². The van der Waals surface area contributed by atoms with E-state index in [0.29, 0.717) is 18.1 Å². The van der Waals surface area contributed by atoms with Crippen LogP contribution in [0, 0.1) is 6.92 Å². The molecule has 0 spiro atoms. The molecule has 132 valence electrons. The van der Waals surface area contributed by atoms with Crippen LogP contribution in [0.1, 0.15) is 18.1 Å². The molecule has 2 N–H and O–H groups in total. The van der Waals surface area contributed by atoms with E-state index in [1.54, 1.807) is 19.4 Å². The van der Waals surface area contributed by atoms with Crippen LogP contribution in [0.2, 0.25) is 0 Å². The predicted molar refractivity (Wildman–Crippen MR) is 99.6 cm³/mol. The fraction of sp³-hybridized carbons (Fsp3) is 0.263. The van der Waals surface area contributed by atoms with E-state index in [1.807, 2.05) is 50.2 Å². The standard InChI is InChI=1S/C19H23N3O3/c1-4-25-18-11-15(9-10-17(18)24-3)12-21-22-19(23)13-20-16-8-6-5-7-14(16)2/h5-12,20H,4,13H2,1-3H3,(H,22,23)/b21-12-. The van der Waals surface area contributed by atoms with Crippen molar-refractivity contribution in [1.29, 1.82) is 0 Å². The van der Waals surface area contributed by atoms with Gasteiger partial charge in [0.2, 0.25) is 0 Å². The summed E-state index contributed by atoms with van der Waals surface area (Å²) >= 11 is 0. The van der Waals surface area contributed by atoms with Crippen molar-refractivity contribution in [3.63, 3.8) is 0 Å². The summed E-state index contributed by atoms with van der Waals surface area (Å²) in [4.78, 5) is 11.9. The molecule has 1 amide bonds. The van der Waals surface area contributed by atoms with E-state index in [2.05, 4.69) is 15.8 Å². The Bertz CT molecular complexity index is 744. The van der Waals surface area contributed by atoms with Crippen LogP contribution in [0.3, 0.4) is 0 Å². The maximum atomic E-state index is 11.9. The molecular weight excluding hydrogens is 318 g/mol. The third kappa shape index (κ3) is 5.53. The Labute approximate surface area is 147 Å². The lowest BCUT2D eigenvalue weighted by Crippen LogP contribution is -2.26. The number of carbonyl (C=O) groups is 1. The first-order chi connectivity index (χ1) is 12.1. The maximum Gasteiger partial charge on any atom is 0.259 e. The van der Waals surface area contributed by atoms with E-state index in [1.165, 1.54) is 0 Å². The maximum absolute atomic E-state index is 11.9. The molecule has 0 aromatic heterocycles. The van der Waals surface area contributed by atoms with Crippen LogP contribution >= 0.6 is 0 Å². The largest absolute Gasteiger partial charge is 0.493 e. The fourth-order valence-corrected chi connectivity index (χ4v) is 2.21. The van der Waals surface area contributed by atoms with E-state index >= 15 is 0 Å². The van der Waals surface area contributed by atoms with E-state index < -0.39 is 0 Å². The molecule has 0 saturated carbocycles. The smallest absolute Gasteiger partial charge is 0.259 e. The van der Waals surface area contributed by atoms with E-state index in [9.17, 15) is 4.79 Å². The number of anilines is 1. The second kappa shape index (κ2) is 9.32. The van der Waals surface area contributed by atoms with Crippen LogP contribution < -0.4 is 20.2 Å². The zero-order chi connectivity index (χ0) is 18.1. The van der Waals surface area contributed by atoms with Gasteiger partial charge in [0.1, 0.15) is 0 Å². The van der Waals surface area contributed by atoms with Crippen LogP contribution in [0.4, 0.5) is 5.69 Å². The highest BCUT2D eigenvalue weighted by molar-refractivity contribution is 5.85. The SMILES string of the molecule is CCOc1cc(/C=N\NC(=O)CNc2ccccc2C)ccc1OC. The van der Waals surface area contributed by atoms with Crippen molar-refractivity contribution in [1.82, 2.24) is 5.43 Å². The fourth-order valence-electron chi connectivity index (χ4n) is 2.21. The lowest BCUT2D eigenvalue weighted by atomic mass is 10.2. The first-order valence-electron chi connectivity index (χ1n) is 8.06. The van der Waals surface area contributed by atoms with Gasteiger partial charge >= 0.3 is 0 Å². The second-order valence-corrected chi connectivity index (χ2v) is 5.30. The lowest BCUT2D eigenvalue weighted by Gasteiger charge is -2.09. The average Bonchev–Trinajstić information content (AvgIpc) is 2.61. The van der Waals surface area contributed by atoms with Crippen molar-refractivity contribution in [2.45, 2.75) is 13.8 Å². The van der Waals surface area contributed by atoms with Gasteiger partial charge in [-0.25, -0.2) is 5.43 Å². The van der Waals surface area contributed by atoms with Gasteiger partial charge in [0.05, 0.1) is 26.5 Å². The minimum absolute atomic E-state index is 0.148. The number of hydrazone groups is 1. The third-order valence-electron chi connectivity index (χ3n) is 3.47. The number of nitrogens with one attached hydrogen (secondary N) is 2. The molecule has 0 aliphatic heterocycles. The molecule has 25 heavy (non-hydrogen) atoms. The summed E-state index contributed by atoms with van der Waals surface area (Å²) in [5, 5.41) is 7.05. The number of aryl methyl sites for hydroxylation is 1. The molecule has 0 heterocycles. The highest BCUT2D eigenvalue weighted by atomic mass is 16.5. The van der Waals surface area contributed by atoms with Crippen molar-refractivity contribution in [2.75, 3.05) is 25.6 Å². The van der Waals surface area contributed by atoms with Gasteiger partial charge in [-0.15, -0.1) is 0 Å². The molecule has 0 saturated heterocycles. The zero-order valence-corrected chi connectivity index (χ0v) is 14.7. The molecule has 0 bridgehead atoms. The number of rotatable bonds is 8. The Morgan fingerprint density at radius 1 is 1.20 bits per heavy atom. The van der Waals surface area contributed by atoms with Crippen LogP contribution in [-0.4, -0.2) is 32.4 Å². The van der Waals surface area contributed by atoms with E-state index in [4.69, 9.17) is 9.47 Å². The Morgan fingerprint density at radius 3 is 2.72 bits per heavy atom. The normalized spacial score (nSPS) is 10.5. The van der Waals surface area contributed by atoms with Crippen molar-refractivity contribution in [3.8, 4) is 11.5 Å². The van der Waals surface area contributed by atoms with Gasteiger partial charge in [0.25, 0.3) is 5.91 Å².